The molecule has 156 valence electrons. The maximum absolute atomic E-state index is 12.8. The van der Waals surface area contributed by atoms with E-state index in [2.05, 4.69) is 41.5 Å². The Morgan fingerprint density at radius 1 is 1.03 bits per heavy atom. The van der Waals surface area contributed by atoms with Crippen molar-refractivity contribution in [2.75, 3.05) is 11.4 Å². The number of carbonyl (C=O) groups excluding carboxylic acids is 1. The number of nitrogens with zero attached hydrogens (tertiary/aromatic N) is 2. The van der Waals surface area contributed by atoms with Gasteiger partial charge < -0.3 is 4.90 Å². The molecule has 0 spiro atoms. The summed E-state index contributed by atoms with van der Waals surface area (Å²) >= 11 is 1.75. The van der Waals surface area contributed by atoms with Gasteiger partial charge in [-0.15, -0.1) is 11.3 Å². The minimum absolute atomic E-state index is 0.273. The number of benzene rings is 2. The molecule has 0 aliphatic heterocycles. The van der Waals surface area contributed by atoms with Gasteiger partial charge in [0.1, 0.15) is 5.78 Å². The number of anilines is 1. The third-order valence-electron chi connectivity index (χ3n) is 5.74. The highest BCUT2D eigenvalue weighted by atomic mass is 32.1. The molecule has 0 saturated heterocycles. The van der Waals surface area contributed by atoms with Gasteiger partial charge in [0.25, 0.3) is 0 Å². The quantitative estimate of drug-likeness (QED) is 0.398. The second kappa shape index (κ2) is 10.0. The summed E-state index contributed by atoms with van der Waals surface area (Å²) in [5, 5.41) is 3.34. The fraction of sp³-hybridized carbons (Fsp3) is 0.385. The van der Waals surface area contributed by atoms with Gasteiger partial charge >= 0.3 is 0 Å². The van der Waals surface area contributed by atoms with Crippen LogP contribution in [0.15, 0.2) is 66.0 Å². The Kier molecular flexibility index (Phi) is 6.96. The van der Waals surface area contributed by atoms with Gasteiger partial charge in [-0.1, -0.05) is 60.7 Å². The standard InChI is InChI=1S/C26H30N2OS/c1-2-28(24-13-14-24)26-27-23(19-30-26)16-22(15-20-9-5-3-6-10-20)18-25(29)17-21-11-7-4-8-12-21/h3-12,19,22,24H,2,13-18H2,1H3. The van der Waals surface area contributed by atoms with Crippen molar-refractivity contribution < 1.29 is 4.79 Å². The summed E-state index contributed by atoms with van der Waals surface area (Å²) in [7, 11) is 0. The predicted octanol–water partition coefficient (Wildman–Crippen LogP) is 5.74. The fourth-order valence-electron chi connectivity index (χ4n) is 4.14. The van der Waals surface area contributed by atoms with E-state index in [0.29, 0.717) is 24.7 Å². The number of hydrogen-bond donors (Lipinski definition) is 0. The smallest absolute Gasteiger partial charge is 0.185 e. The first-order valence-corrected chi connectivity index (χ1v) is 11.9. The van der Waals surface area contributed by atoms with E-state index in [-0.39, 0.29) is 5.92 Å². The summed E-state index contributed by atoms with van der Waals surface area (Å²) in [6, 6.07) is 21.3. The van der Waals surface area contributed by atoms with Crippen molar-refractivity contribution in [3.05, 3.63) is 82.9 Å². The number of rotatable bonds is 11. The van der Waals surface area contributed by atoms with Gasteiger partial charge in [0.15, 0.2) is 5.13 Å². The molecule has 0 amide bonds. The summed E-state index contributed by atoms with van der Waals surface area (Å²) in [6.07, 6.45) is 5.44. The Morgan fingerprint density at radius 2 is 1.70 bits per heavy atom. The van der Waals surface area contributed by atoms with Gasteiger partial charge in [-0.3, -0.25) is 4.79 Å². The fourth-order valence-corrected chi connectivity index (χ4v) is 5.11. The highest BCUT2D eigenvalue weighted by Crippen LogP contribution is 2.33. The first kappa shape index (κ1) is 20.8. The van der Waals surface area contributed by atoms with Crippen molar-refractivity contribution in [1.82, 2.24) is 4.98 Å². The number of ketones is 1. The molecule has 1 saturated carbocycles. The van der Waals surface area contributed by atoms with Crippen LogP contribution >= 0.6 is 11.3 Å². The molecule has 1 unspecified atom stereocenters. The van der Waals surface area contributed by atoms with Crippen molar-refractivity contribution in [3.63, 3.8) is 0 Å². The molecule has 1 aliphatic rings. The molecule has 3 aromatic rings. The zero-order chi connectivity index (χ0) is 20.8. The van der Waals surface area contributed by atoms with Crippen molar-refractivity contribution in [1.29, 1.82) is 0 Å². The van der Waals surface area contributed by atoms with Crippen LogP contribution in [0, 0.1) is 5.92 Å². The molecule has 4 rings (SSSR count). The summed E-state index contributed by atoms with van der Waals surface area (Å²) in [5.74, 6) is 0.584. The highest BCUT2D eigenvalue weighted by molar-refractivity contribution is 7.13. The van der Waals surface area contributed by atoms with Crippen LogP contribution in [0.2, 0.25) is 0 Å². The largest absolute Gasteiger partial charge is 0.345 e. The lowest BCUT2D eigenvalue weighted by atomic mass is 9.89. The van der Waals surface area contributed by atoms with Gasteiger partial charge in [-0.2, -0.15) is 0 Å². The van der Waals surface area contributed by atoms with Gasteiger partial charge in [0, 0.05) is 30.8 Å². The molecule has 1 fully saturated rings. The average Bonchev–Trinajstić information content (AvgIpc) is 3.49. The van der Waals surface area contributed by atoms with Crippen LogP contribution < -0.4 is 4.90 Å². The number of aromatic nitrogens is 1. The monoisotopic (exact) mass is 418 g/mol. The van der Waals surface area contributed by atoms with Crippen LogP contribution in [0.4, 0.5) is 5.13 Å². The molecular weight excluding hydrogens is 388 g/mol. The van der Waals surface area contributed by atoms with E-state index < -0.39 is 0 Å². The Bertz CT molecular complexity index is 934. The summed E-state index contributed by atoms with van der Waals surface area (Å²) in [4.78, 5) is 20.2. The maximum atomic E-state index is 12.8. The molecule has 1 heterocycles. The van der Waals surface area contributed by atoms with Crippen LogP contribution in [0.1, 0.15) is 43.0 Å². The number of carbonyl (C=O) groups is 1. The van der Waals surface area contributed by atoms with Gasteiger partial charge in [0.2, 0.25) is 0 Å². The van der Waals surface area contributed by atoms with Gasteiger partial charge in [-0.05, 0) is 49.7 Å². The molecule has 0 N–H and O–H groups in total. The minimum atomic E-state index is 0.273. The molecule has 4 heteroatoms. The van der Waals surface area contributed by atoms with E-state index in [1.807, 2.05) is 36.4 Å². The SMILES string of the molecule is CCN(c1nc(CC(CC(=O)Cc2ccccc2)Cc2ccccc2)cs1)C1CC1. The minimum Gasteiger partial charge on any atom is -0.345 e. The van der Waals surface area contributed by atoms with Crippen LogP contribution in [-0.4, -0.2) is 23.4 Å². The maximum Gasteiger partial charge on any atom is 0.185 e. The summed E-state index contributed by atoms with van der Waals surface area (Å²) in [5.41, 5.74) is 3.51. The topological polar surface area (TPSA) is 33.2 Å². The van der Waals surface area contributed by atoms with E-state index in [1.165, 1.54) is 18.4 Å². The van der Waals surface area contributed by atoms with Gasteiger partial charge in [-0.25, -0.2) is 4.98 Å². The average molecular weight is 419 g/mol. The van der Waals surface area contributed by atoms with Crippen molar-refractivity contribution in [2.24, 2.45) is 5.92 Å². The number of Topliss-reactive ketones (excluding diaryl/α,β-unsaturated/α-hetero) is 1. The Labute approximate surface area is 183 Å². The summed E-state index contributed by atoms with van der Waals surface area (Å²) in [6.45, 7) is 3.22. The first-order chi connectivity index (χ1) is 14.7. The zero-order valence-electron chi connectivity index (χ0n) is 17.7. The lowest BCUT2D eigenvalue weighted by Crippen LogP contribution is -2.24. The predicted molar refractivity (Wildman–Crippen MR) is 125 cm³/mol. The van der Waals surface area contributed by atoms with E-state index in [1.54, 1.807) is 11.3 Å². The Hall–Kier alpha value is -2.46. The highest BCUT2D eigenvalue weighted by Gasteiger charge is 2.30. The van der Waals surface area contributed by atoms with Crippen molar-refractivity contribution >= 4 is 22.3 Å². The molecule has 2 aromatic carbocycles. The normalized spacial score (nSPS) is 14.4. The third kappa shape index (κ3) is 5.79. The molecule has 0 radical (unpaired) electrons. The summed E-state index contributed by atoms with van der Waals surface area (Å²) < 4.78 is 0. The van der Waals surface area contributed by atoms with E-state index in [9.17, 15) is 4.79 Å². The third-order valence-corrected chi connectivity index (χ3v) is 6.67. The molecule has 1 atom stereocenters. The Morgan fingerprint density at radius 3 is 2.33 bits per heavy atom. The second-order valence-electron chi connectivity index (χ2n) is 8.30. The number of thiazole rings is 1. The van der Waals surface area contributed by atoms with Gasteiger partial charge in [0.05, 0.1) is 5.69 Å². The molecular formula is C26H30N2OS. The van der Waals surface area contributed by atoms with E-state index >= 15 is 0 Å². The second-order valence-corrected chi connectivity index (χ2v) is 9.14. The van der Waals surface area contributed by atoms with Crippen LogP contribution in [0.5, 0.6) is 0 Å². The van der Waals surface area contributed by atoms with Crippen LogP contribution in [-0.2, 0) is 24.1 Å². The lowest BCUT2D eigenvalue weighted by Gasteiger charge is -2.19. The zero-order valence-corrected chi connectivity index (χ0v) is 18.5. The molecule has 30 heavy (non-hydrogen) atoms. The van der Waals surface area contributed by atoms with Crippen LogP contribution in [0.3, 0.4) is 0 Å². The molecule has 3 nitrogen and oxygen atoms in total. The molecule has 0 bridgehead atoms. The number of hydrogen-bond acceptors (Lipinski definition) is 4. The van der Waals surface area contributed by atoms with Crippen molar-refractivity contribution in [3.8, 4) is 0 Å². The lowest BCUT2D eigenvalue weighted by molar-refractivity contribution is -0.119. The molecule has 1 aromatic heterocycles. The van der Waals surface area contributed by atoms with Crippen LogP contribution in [0.25, 0.3) is 0 Å². The van der Waals surface area contributed by atoms with E-state index in [0.717, 1.165) is 35.8 Å². The van der Waals surface area contributed by atoms with E-state index in [4.69, 9.17) is 4.98 Å². The Balaban J connectivity index is 1.44. The first-order valence-electron chi connectivity index (χ1n) is 11.0. The van der Waals surface area contributed by atoms with Crippen molar-refractivity contribution in [2.45, 2.75) is 51.5 Å². The molecule has 1 aliphatic carbocycles.